The van der Waals surface area contributed by atoms with E-state index in [0.29, 0.717) is 6.54 Å². The van der Waals surface area contributed by atoms with Gasteiger partial charge in [-0.05, 0) is 6.42 Å². The van der Waals surface area contributed by atoms with Crippen molar-refractivity contribution in [1.29, 1.82) is 0 Å². The minimum atomic E-state index is -3.64. The predicted octanol–water partition coefficient (Wildman–Crippen LogP) is -2.06. The average Bonchev–Trinajstić information content (AvgIpc) is 2.28. The Labute approximate surface area is 105 Å². The maximum Gasteiger partial charge on any atom is 0.303 e. The molecule has 1 saturated heterocycles. The summed E-state index contributed by atoms with van der Waals surface area (Å²) in [6.07, 6.45) is -0.195. The van der Waals surface area contributed by atoms with Crippen LogP contribution in [0.15, 0.2) is 0 Å². The Kier molecular flexibility index (Phi) is 5.05. The van der Waals surface area contributed by atoms with Gasteiger partial charge in [-0.15, -0.1) is 0 Å². The Morgan fingerprint density at radius 3 is 2.67 bits per heavy atom. The predicted molar refractivity (Wildman–Crippen MR) is 63.2 cm³/mol. The fourth-order valence-electron chi connectivity index (χ4n) is 1.78. The van der Waals surface area contributed by atoms with Crippen LogP contribution < -0.4 is 11.1 Å². The molecule has 1 fully saturated rings. The lowest BCUT2D eigenvalue weighted by Crippen LogP contribution is -2.59. The van der Waals surface area contributed by atoms with Crippen molar-refractivity contribution < 1.29 is 23.1 Å². The lowest BCUT2D eigenvalue weighted by Gasteiger charge is -2.33. The minimum absolute atomic E-state index is 0.0209. The molecule has 0 aromatic rings. The third kappa shape index (κ3) is 3.93. The number of piperazine rings is 1. The van der Waals surface area contributed by atoms with E-state index >= 15 is 0 Å². The van der Waals surface area contributed by atoms with E-state index < -0.39 is 27.9 Å². The van der Waals surface area contributed by atoms with Crippen molar-refractivity contribution in [2.24, 2.45) is 5.73 Å². The van der Waals surface area contributed by atoms with Crippen molar-refractivity contribution in [3.8, 4) is 0 Å². The Hall–Kier alpha value is -1.19. The number of rotatable bonds is 6. The summed E-state index contributed by atoms with van der Waals surface area (Å²) in [6, 6.07) is -0.895. The molecular weight excluding hydrogens is 262 g/mol. The quantitative estimate of drug-likeness (QED) is 0.512. The van der Waals surface area contributed by atoms with E-state index in [1.54, 1.807) is 0 Å². The van der Waals surface area contributed by atoms with Crippen LogP contribution in [0.25, 0.3) is 0 Å². The number of carboxylic acid groups (broad SMARTS) is 1. The van der Waals surface area contributed by atoms with Crippen LogP contribution in [0.2, 0.25) is 0 Å². The third-order valence-electron chi connectivity index (χ3n) is 2.67. The molecule has 8 nitrogen and oxygen atoms in total. The molecule has 1 atom stereocenters. The van der Waals surface area contributed by atoms with Gasteiger partial charge in [0.05, 0.1) is 5.75 Å². The smallest absolute Gasteiger partial charge is 0.303 e. The second kappa shape index (κ2) is 6.12. The summed E-state index contributed by atoms with van der Waals surface area (Å²) in [7, 11) is -3.64. The Bertz CT molecular complexity index is 422. The van der Waals surface area contributed by atoms with Crippen molar-refractivity contribution in [3.05, 3.63) is 0 Å². The highest BCUT2D eigenvalue weighted by molar-refractivity contribution is 7.89. The summed E-state index contributed by atoms with van der Waals surface area (Å²) in [6.45, 7) is 0.804. The van der Waals surface area contributed by atoms with Crippen molar-refractivity contribution >= 4 is 21.9 Å². The van der Waals surface area contributed by atoms with Crippen LogP contribution in [0.5, 0.6) is 0 Å². The molecule has 4 N–H and O–H groups in total. The molecule has 0 spiro atoms. The zero-order valence-electron chi connectivity index (χ0n) is 9.83. The van der Waals surface area contributed by atoms with E-state index in [1.807, 2.05) is 0 Å². The zero-order valence-corrected chi connectivity index (χ0v) is 10.6. The topological polar surface area (TPSA) is 130 Å². The summed E-state index contributed by atoms with van der Waals surface area (Å²) < 4.78 is 25.0. The van der Waals surface area contributed by atoms with Crippen molar-refractivity contribution in [1.82, 2.24) is 9.62 Å². The molecule has 1 heterocycles. The van der Waals surface area contributed by atoms with Gasteiger partial charge in [-0.1, -0.05) is 0 Å². The highest BCUT2D eigenvalue weighted by Gasteiger charge is 2.35. The third-order valence-corrected chi connectivity index (χ3v) is 4.63. The number of primary amides is 1. The van der Waals surface area contributed by atoms with Crippen LogP contribution in [-0.2, 0) is 19.6 Å². The minimum Gasteiger partial charge on any atom is -0.481 e. The monoisotopic (exact) mass is 279 g/mol. The molecule has 1 rings (SSSR count). The average molecular weight is 279 g/mol. The number of nitrogens with two attached hydrogens (primary N) is 1. The maximum atomic E-state index is 12.0. The first-order valence-electron chi connectivity index (χ1n) is 5.56. The lowest BCUT2D eigenvalue weighted by atomic mass is 10.2. The van der Waals surface area contributed by atoms with Crippen LogP contribution in [0.4, 0.5) is 0 Å². The summed E-state index contributed by atoms with van der Waals surface area (Å²) >= 11 is 0. The number of nitrogens with one attached hydrogen (secondary N) is 1. The van der Waals surface area contributed by atoms with E-state index in [4.69, 9.17) is 10.8 Å². The van der Waals surface area contributed by atoms with Crippen molar-refractivity contribution in [2.45, 2.75) is 18.9 Å². The van der Waals surface area contributed by atoms with Gasteiger partial charge in [0, 0.05) is 26.1 Å². The molecule has 0 aliphatic carbocycles. The molecule has 1 amide bonds. The van der Waals surface area contributed by atoms with Crippen LogP contribution in [0.3, 0.4) is 0 Å². The number of carboxylic acids is 1. The lowest BCUT2D eigenvalue weighted by molar-refractivity contribution is -0.137. The Balaban J connectivity index is 2.69. The number of carbonyl (C=O) groups excluding carboxylic acids is 1. The molecular formula is C9H17N3O5S. The molecule has 1 aliphatic heterocycles. The molecule has 9 heteroatoms. The number of hydrogen-bond donors (Lipinski definition) is 3. The Morgan fingerprint density at radius 1 is 1.44 bits per heavy atom. The maximum absolute atomic E-state index is 12.0. The van der Waals surface area contributed by atoms with Crippen molar-refractivity contribution in [3.63, 3.8) is 0 Å². The van der Waals surface area contributed by atoms with Gasteiger partial charge >= 0.3 is 5.97 Å². The van der Waals surface area contributed by atoms with E-state index in [9.17, 15) is 18.0 Å². The fourth-order valence-corrected chi connectivity index (χ4v) is 3.46. The molecule has 0 aromatic carbocycles. The molecule has 1 unspecified atom stereocenters. The van der Waals surface area contributed by atoms with Gasteiger partial charge in [0.15, 0.2) is 0 Å². The van der Waals surface area contributed by atoms with Gasteiger partial charge < -0.3 is 16.2 Å². The Morgan fingerprint density at radius 2 is 2.11 bits per heavy atom. The van der Waals surface area contributed by atoms with Gasteiger partial charge in [0.2, 0.25) is 15.9 Å². The summed E-state index contributed by atoms with van der Waals surface area (Å²) in [5.41, 5.74) is 5.15. The van der Waals surface area contributed by atoms with E-state index in [1.165, 1.54) is 0 Å². The zero-order chi connectivity index (χ0) is 13.8. The van der Waals surface area contributed by atoms with Crippen LogP contribution >= 0.6 is 0 Å². The number of amides is 1. The molecule has 104 valence electrons. The fraction of sp³-hybridized carbons (Fsp3) is 0.778. The van der Waals surface area contributed by atoms with Crippen LogP contribution in [0.1, 0.15) is 12.8 Å². The first-order chi connectivity index (χ1) is 8.34. The second-order valence-corrected chi connectivity index (χ2v) is 6.09. The molecule has 1 aliphatic rings. The first-order valence-corrected chi connectivity index (χ1v) is 7.17. The van der Waals surface area contributed by atoms with Crippen molar-refractivity contribution in [2.75, 3.05) is 25.4 Å². The molecule has 0 aromatic heterocycles. The first kappa shape index (κ1) is 14.9. The highest BCUT2D eigenvalue weighted by atomic mass is 32.2. The second-order valence-electron chi connectivity index (χ2n) is 4.05. The number of sulfonamides is 1. The van der Waals surface area contributed by atoms with Gasteiger partial charge in [-0.25, -0.2) is 8.42 Å². The van der Waals surface area contributed by atoms with Gasteiger partial charge in [-0.3, -0.25) is 9.59 Å². The largest absolute Gasteiger partial charge is 0.481 e. The van der Waals surface area contributed by atoms with E-state index in [0.717, 1.165) is 4.31 Å². The van der Waals surface area contributed by atoms with Crippen LogP contribution in [-0.4, -0.2) is 61.1 Å². The van der Waals surface area contributed by atoms with Gasteiger partial charge in [0.1, 0.15) is 6.04 Å². The standard InChI is InChI=1S/C9H17N3O5S/c10-9(15)7-6-11-3-4-12(7)18(16,17)5-1-2-8(13)14/h7,11H,1-6H2,(H2,10,15)(H,13,14). The number of nitrogens with zero attached hydrogens (tertiary/aromatic N) is 1. The van der Waals surface area contributed by atoms with E-state index in [-0.39, 0.29) is 31.7 Å². The van der Waals surface area contributed by atoms with Gasteiger partial charge in [0.25, 0.3) is 0 Å². The normalized spacial score (nSPS) is 21.7. The summed E-state index contributed by atoms with van der Waals surface area (Å²) in [4.78, 5) is 21.5. The van der Waals surface area contributed by atoms with Gasteiger partial charge in [-0.2, -0.15) is 4.31 Å². The highest BCUT2D eigenvalue weighted by Crippen LogP contribution is 2.12. The SMILES string of the molecule is NC(=O)C1CNCCN1S(=O)(=O)CCCC(=O)O. The summed E-state index contributed by atoms with van der Waals surface area (Å²) in [5, 5.41) is 11.4. The van der Waals surface area contributed by atoms with E-state index in [2.05, 4.69) is 5.32 Å². The molecule has 0 saturated carbocycles. The summed E-state index contributed by atoms with van der Waals surface area (Å²) in [5.74, 6) is -2.04. The molecule has 0 bridgehead atoms. The number of aliphatic carboxylic acids is 1. The number of carbonyl (C=O) groups is 2. The molecule has 18 heavy (non-hydrogen) atoms. The number of hydrogen-bond acceptors (Lipinski definition) is 5. The molecule has 0 radical (unpaired) electrons. The van der Waals surface area contributed by atoms with Crippen LogP contribution in [0, 0.1) is 0 Å².